The van der Waals surface area contributed by atoms with Crippen molar-refractivity contribution in [3.05, 3.63) is 28.0 Å². The maximum atomic E-state index is 12.6. The molecule has 1 N–H and O–H groups in total. The number of fused-ring (bicyclic) bond motifs is 1. The van der Waals surface area contributed by atoms with Gasteiger partial charge in [-0.2, -0.15) is 4.31 Å². The predicted molar refractivity (Wildman–Crippen MR) is 102 cm³/mol. The van der Waals surface area contributed by atoms with Crippen molar-refractivity contribution in [2.75, 3.05) is 25.4 Å². The van der Waals surface area contributed by atoms with Gasteiger partial charge in [0.15, 0.2) is 0 Å². The summed E-state index contributed by atoms with van der Waals surface area (Å²) in [5.74, 6) is -0.564. The van der Waals surface area contributed by atoms with E-state index in [0.717, 1.165) is 0 Å². The molecular weight excluding hydrogens is 388 g/mol. The van der Waals surface area contributed by atoms with Crippen LogP contribution >= 0.6 is 0 Å². The van der Waals surface area contributed by atoms with Crippen LogP contribution in [0.4, 0.5) is 0 Å². The number of nitrogens with one attached hydrogen (secondary N) is 1. The number of nitrogens with zero attached hydrogens (tertiary/aromatic N) is 3. The normalized spacial score (nSPS) is 21.1. The van der Waals surface area contributed by atoms with E-state index in [1.165, 1.54) is 22.2 Å². The van der Waals surface area contributed by atoms with Crippen LogP contribution < -0.4 is 10.9 Å². The summed E-state index contributed by atoms with van der Waals surface area (Å²) in [6.07, 6.45) is 0.945. The molecule has 3 rings (SSSR count). The molecule has 1 saturated heterocycles. The SMILES string of the molecule is Cc1oc2ncn(C)c(=O)c2c1C(=O)NCCS(=O)(=O)N1CC(C)OC(C)C1. The molecule has 2 unspecified atom stereocenters. The monoisotopic (exact) mass is 412 g/mol. The number of sulfonamides is 1. The molecule has 0 aliphatic carbocycles. The van der Waals surface area contributed by atoms with Crippen LogP contribution in [0.2, 0.25) is 0 Å². The quantitative estimate of drug-likeness (QED) is 0.733. The number of hydrogen-bond donors (Lipinski definition) is 1. The van der Waals surface area contributed by atoms with Crippen LogP contribution in [-0.4, -0.2) is 65.8 Å². The van der Waals surface area contributed by atoms with Crippen LogP contribution in [-0.2, 0) is 21.8 Å². The summed E-state index contributed by atoms with van der Waals surface area (Å²) >= 11 is 0. The van der Waals surface area contributed by atoms with Crippen LogP contribution in [0.1, 0.15) is 30.0 Å². The molecule has 10 nitrogen and oxygen atoms in total. The Bertz CT molecular complexity index is 1050. The van der Waals surface area contributed by atoms with E-state index in [9.17, 15) is 18.0 Å². The number of ether oxygens (including phenoxy) is 1. The molecule has 0 spiro atoms. The number of aryl methyl sites for hydroxylation is 2. The fraction of sp³-hybridized carbons (Fsp3) is 0.588. The second kappa shape index (κ2) is 7.64. The highest BCUT2D eigenvalue weighted by Crippen LogP contribution is 2.20. The molecule has 2 aromatic heterocycles. The minimum absolute atomic E-state index is 0.0784. The average Bonchev–Trinajstić information content (AvgIpc) is 2.94. The van der Waals surface area contributed by atoms with Gasteiger partial charge in [0.1, 0.15) is 17.5 Å². The second-order valence-corrected chi connectivity index (χ2v) is 9.11. The number of furan rings is 1. The van der Waals surface area contributed by atoms with Crippen molar-refractivity contribution >= 4 is 27.0 Å². The lowest BCUT2D eigenvalue weighted by Crippen LogP contribution is -2.49. The van der Waals surface area contributed by atoms with Crippen LogP contribution in [0.3, 0.4) is 0 Å². The van der Waals surface area contributed by atoms with E-state index in [-0.39, 0.29) is 60.0 Å². The van der Waals surface area contributed by atoms with Gasteiger partial charge in [-0.3, -0.25) is 9.59 Å². The van der Waals surface area contributed by atoms with Crippen molar-refractivity contribution in [1.82, 2.24) is 19.2 Å². The van der Waals surface area contributed by atoms with E-state index < -0.39 is 21.5 Å². The third kappa shape index (κ3) is 3.96. The van der Waals surface area contributed by atoms with Gasteiger partial charge in [-0.1, -0.05) is 0 Å². The molecule has 3 heterocycles. The Morgan fingerprint density at radius 1 is 1.32 bits per heavy atom. The smallest absolute Gasteiger partial charge is 0.265 e. The molecule has 154 valence electrons. The Morgan fingerprint density at radius 2 is 1.96 bits per heavy atom. The highest BCUT2D eigenvalue weighted by atomic mass is 32.2. The zero-order valence-corrected chi connectivity index (χ0v) is 17.1. The van der Waals surface area contributed by atoms with Crippen molar-refractivity contribution in [2.24, 2.45) is 7.05 Å². The Balaban J connectivity index is 1.71. The van der Waals surface area contributed by atoms with Gasteiger partial charge in [-0.25, -0.2) is 13.4 Å². The maximum absolute atomic E-state index is 12.6. The van der Waals surface area contributed by atoms with Crippen molar-refractivity contribution in [3.63, 3.8) is 0 Å². The van der Waals surface area contributed by atoms with Crippen LogP contribution in [0.25, 0.3) is 11.1 Å². The minimum Gasteiger partial charge on any atom is -0.442 e. The van der Waals surface area contributed by atoms with E-state index in [1.54, 1.807) is 6.92 Å². The average molecular weight is 412 g/mol. The van der Waals surface area contributed by atoms with Gasteiger partial charge in [0.05, 0.1) is 23.5 Å². The molecule has 1 fully saturated rings. The first-order valence-corrected chi connectivity index (χ1v) is 10.6. The number of carbonyl (C=O) groups excluding carboxylic acids is 1. The van der Waals surface area contributed by atoms with Gasteiger partial charge < -0.3 is 19.0 Å². The van der Waals surface area contributed by atoms with E-state index in [2.05, 4.69) is 10.3 Å². The summed E-state index contributed by atoms with van der Waals surface area (Å²) in [6, 6.07) is 0. The topological polar surface area (TPSA) is 124 Å². The van der Waals surface area contributed by atoms with Gasteiger partial charge in [0, 0.05) is 26.7 Å². The molecule has 0 radical (unpaired) electrons. The molecule has 0 bridgehead atoms. The first-order chi connectivity index (χ1) is 13.1. The Kier molecular flexibility index (Phi) is 5.60. The van der Waals surface area contributed by atoms with Crippen LogP contribution in [0.5, 0.6) is 0 Å². The van der Waals surface area contributed by atoms with E-state index in [4.69, 9.17) is 9.15 Å². The van der Waals surface area contributed by atoms with E-state index in [0.29, 0.717) is 0 Å². The Labute approximate surface area is 162 Å². The Hall–Kier alpha value is -2.24. The highest BCUT2D eigenvalue weighted by molar-refractivity contribution is 7.89. The zero-order chi connectivity index (χ0) is 20.6. The van der Waals surface area contributed by atoms with Crippen molar-refractivity contribution in [3.8, 4) is 0 Å². The number of amides is 1. The summed E-state index contributed by atoms with van der Waals surface area (Å²) in [4.78, 5) is 28.9. The maximum Gasteiger partial charge on any atom is 0.265 e. The lowest BCUT2D eigenvalue weighted by molar-refractivity contribution is -0.0440. The van der Waals surface area contributed by atoms with Gasteiger partial charge in [-0.05, 0) is 20.8 Å². The highest BCUT2D eigenvalue weighted by Gasteiger charge is 2.31. The first kappa shape index (κ1) is 20.5. The summed E-state index contributed by atoms with van der Waals surface area (Å²) in [5.41, 5.74) is -0.250. The molecule has 2 aromatic rings. The lowest BCUT2D eigenvalue weighted by atomic mass is 10.2. The zero-order valence-electron chi connectivity index (χ0n) is 16.3. The minimum atomic E-state index is -3.54. The van der Waals surface area contributed by atoms with Gasteiger partial charge >= 0.3 is 0 Å². The van der Waals surface area contributed by atoms with Crippen LogP contribution in [0, 0.1) is 6.92 Å². The number of carbonyl (C=O) groups is 1. The predicted octanol–water partition coefficient (Wildman–Crippen LogP) is 0.00372. The number of morpholine rings is 1. The van der Waals surface area contributed by atoms with E-state index >= 15 is 0 Å². The first-order valence-electron chi connectivity index (χ1n) is 8.96. The van der Waals surface area contributed by atoms with Crippen LogP contribution in [0.15, 0.2) is 15.5 Å². The molecule has 28 heavy (non-hydrogen) atoms. The Morgan fingerprint density at radius 3 is 2.61 bits per heavy atom. The van der Waals surface area contributed by atoms with Gasteiger partial charge in [0.2, 0.25) is 15.7 Å². The third-order valence-corrected chi connectivity index (χ3v) is 6.41. The standard InChI is InChI=1S/C17H24N4O6S/c1-10-7-21(8-11(2)26-10)28(24,25)6-5-18-15(22)13-12(3)27-16-14(13)17(23)20(4)9-19-16/h9-11H,5-8H2,1-4H3,(H,18,22). The van der Waals surface area contributed by atoms with Crippen molar-refractivity contribution in [2.45, 2.75) is 33.0 Å². The molecule has 1 aliphatic heterocycles. The lowest BCUT2D eigenvalue weighted by Gasteiger charge is -2.34. The number of aromatic nitrogens is 2. The van der Waals surface area contributed by atoms with Gasteiger partial charge in [-0.15, -0.1) is 0 Å². The van der Waals surface area contributed by atoms with Crippen molar-refractivity contribution < 1.29 is 22.4 Å². The molecule has 1 amide bonds. The van der Waals surface area contributed by atoms with E-state index in [1.807, 2.05) is 13.8 Å². The fourth-order valence-electron chi connectivity index (χ4n) is 3.33. The molecule has 1 aliphatic rings. The summed E-state index contributed by atoms with van der Waals surface area (Å²) in [6.45, 7) is 5.68. The number of hydrogen-bond acceptors (Lipinski definition) is 7. The largest absolute Gasteiger partial charge is 0.442 e. The third-order valence-electron chi connectivity index (χ3n) is 4.60. The van der Waals surface area contributed by atoms with Gasteiger partial charge in [0.25, 0.3) is 11.5 Å². The molecular formula is C17H24N4O6S. The summed E-state index contributed by atoms with van der Waals surface area (Å²) in [7, 11) is -2.02. The molecule has 0 saturated carbocycles. The second-order valence-electron chi connectivity index (χ2n) is 7.02. The van der Waals surface area contributed by atoms with Crippen molar-refractivity contribution in [1.29, 1.82) is 0 Å². The summed E-state index contributed by atoms with van der Waals surface area (Å²) in [5, 5.41) is 2.65. The fourth-order valence-corrected chi connectivity index (χ4v) is 4.82. The number of rotatable bonds is 5. The molecule has 2 atom stereocenters. The molecule has 11 heteroatoms. The summed E-state index contributed by atoms with van der Waals surface area (Å²) < 4.78 is 38.7. The molecule has 0 aromatic carbocycles.